The fraction of sp³-hybridized carbons (Fsp3) is 0.0625. The third-order valence-corrected chi connectivity index (χ3v) is 3.16. The molecule has 2 aromatic carbocycles. The Kier molecular flexibility index (Phi) is 3.13. The van der Waals surface area contributed by atoms with Crippen molar-refractivity contribution in [2.45, 2.75) is 0 Å². The highest BCUT2D eigenvalue weighted by molar-refractivity contribution is 5.61. The number of aromatic nitrogens is 2. The second-order valence-corrected chi connectivity index (χ2v) is 4.38. The summed E-state index contributed by atoms with van der Waals surface area (Å²) >= 11 is 0. The summed E-state index contributed by atoms with van der Waals surface area (Å²) in [6, 6.07) is 17.2. The summed E-state index contributed by atoms with van der Waals surface area (Å²) in [6.45, 7) is 0. The van der Waals surface area contributed by atoms with Crippen molar-refractivity contribution in [3.8, 4) is 22.7 Å². The summed E-state index contributed by atoms with van der Waals surface area (Å²) in [5.41, 5.74) is 2.41. The molecule has 0 unspecified atom stereocenters. The molecule has 0 aliphatic carbocycles. The number of hydrogen-bond donors (Lipinski definition) is 1. The minimum absolute atomic E-state index is 0.169. The fourth-order valence-electron chi connectivity index (χ4n) is 2.20. The average Bonchev–Trinajstić information content (AvgIpc) is 2.90. The Morgan fingerprint density at radius 3 is 2.60 bits per heavy atom. The molecule has 0 fully saturated rings. The van der Waals surface area contributed by atoms with Gasteiger partial charge in [0.25, 0.3) is 0 Å². The molecular weight excluding hydrogens is 252 g/mol. The van der Waals surface area contributed by atoms with E-state index in [4.69, 9.17) is 4.74 Å². The second kappa shape index (κ2) is 5.09. The van der Waals surface area contributed by atoms with E-state index in [1.54, 1.807) is 17.9 Å². The van der Waals surface area contributed by atoms with Gasteiger partial charge in [-0.2, -0.15) is 0 Å². The van der Waals surface area contributed by atoms with E-state index in [9.17, 15) is 4.79 Å². The van der Waals surface area contributed by atoms with Crippen LogP contribution in [0.3, 0.4) is 0 Å². The quantitative estimate of drug-likeness (QED) is 0.792. The first-order valence-electron chi connectivity index (χ1n) is 6.30. The van der Waals surface area contributed by atoms with Gasteiger partial charge >= 0.3 is 5.69 Å². The van der Waals surface area contributed by atoms with Crippen LogP contribution in [0.1, 0.15) is 0 Å². The van der Waals surface area contributed by atoms with Crippen molar-refractivity contribution in [3.63, 3.8) is 0 Å². The highest BCUT2D eigenvalue weighted by Crippen LogP contribution is 2.22. The number of hydrogen-bond acceptors (Lipinski definition) is 2. The molecule has 20 heavy (non-hydrogen) atoms. The summed E-state index contributed by atoms with van der Waals surface area (Å²) in [6.07, 6.45) is 1.72. The molecule has 100 valence electrons. The molecular formula is C16H14N2O2. The van der Waals surface area contributed by atoms with E-state index in [-0.39, 0.29) is 5.69 Å². The molecule has 0 bridgehead atoms. The van der Waals surface area contributed by atoms with Crippen molar-refractivity contribution in [3.05, 3.63) is 71.3 Å². The summed E-state index contributed by atoms with van der Waals surface area (Å²) in [5, 5.41) is 0. The predicted molar refractivity (Wildman–Crippen MR) is 78.4 cm³/mol. The fourth-order valence-corrected chi connectivity index (χ4v) is 2.20. The number of ether oxygens (including phenoxy) is 1. The maximum Gasteiger partial charge on any atom is 0.330 e. The highest BCUT2D eigenvalue weighted by Gasteiger charge is 2.10. The predicted octanol–water partition coefficient (Wildman–Crippen LogP) is 2.84. The largest absolute Gasteiger partial charge is 0.497 e. The molecule has 0 atom stereocenters. The van der Waals surface area contributed by atoms with Crippen molar-refractivity contribution in [1.29, 1.82) is 0 Å². The van der Waals surface area contributed by atoms with Gasteiger partial charge in [-0.25, -0.2) is 4.79 Å². The molecule has 3 rings (SSSR count). The van der Waals surface area contributed by atoms with Gasteiger partial charge in [0.05, 0.1) is 18.5 Å². The Labute approximate surface area is 116 Å². The van der Waals surface area contributed by atoms with Crippen LogP contribution in [-0.4, -0.2) is 16.7 Å². The normalized spacial score (nSPS) is 10.4. The zero-order valence-corrected chi connectivity index (χ0v) is 11.0. The van der Waals surface area contributed by atoms with Crippen molar-refractivity contribution in [2.24, 2.45) is 0 Å². The molecule has 0 saturated heterocycles. The Hall–Kier alpha value is -2.75. The topological polar surface area (TPSA) is 47.0 Å². The van der Waals surface area contributed by atoms with Crippen LogP contribution in [0, 0.1) is 0 Å². The number of H-pyrrole nitrogens is 1. The molecule has 4 heteroatoms. The van der Waals surface area contributed by atoms with Crippen LogP contribution in [0.5, 0.6) is 5.75 Å². The molecule has 0 aliphatic rings. The first-order chi connectivity index (χ1) is 9.79. The van der Waals surface area contributed by atoms with Crippen LogP contribution in [-0.2, 0) is 0 Å². The lowest BCUT2D eigenvalue weighted by atomic mass is 10.1. The van der Waals surface area contributed by atoms with E-state index in [0.29, 0.717) is 0 Å². The zero-order valence-electron chi connectivity index (χ0n) is 11.0. The molecule has 0 amide bonds. The number of imidazole rings is 1. The lowest BCUT2D eigenvalue weighted by molar-refractivity contribution is 0.414. The van der Waals surface area contributed by atoms with Crippen LogP contribution in [0.4, 0.5) is 0 Å². The number of methoxy groups -OCH3 is 1. The zero-order chi connectivity index (χ0) is 13.9. The lowest BCUT2D eigenvalue weighted by Gasteiger charge is -2.08. The number of benzene rings is 2. The monoisotopic (exact) mass is 266 g/mol. The van der Waals surface area contributed by atoms with Gasteiger partial charge in [0.1, 0.15) is 5.75 Å². The number of aromatic amines is 1. The summed E-state index contributed by atoms with van der Waals surface area (Å²) in [5.74, 6) is 0.717. The van der Waals surface area contributed by atoms with Gasteiger partial charge in [-0.3, -0.25) is 4.57 Å². The third kappa shape index (κ3) is 2.12. The molecule has 1 heterocycles. The highest BCUT2D eigenvalue weighted by atomic mass is 16.5. The molecule has 0 aliphatic heterocycles. The molecule has 0 saturated carbocycles. The van der Waals surface area contributed by atoms with Crippen molar-refractivity contribution in [2.75, 3.05) is 7.11 Å². The number of nitrogens with one attached hydrogen (secondary N) is 1. The Morgan fingerprint density at radius 1 is 1.05 bits per heavy atom. The van der Waals surface area contributed by atoms with Crippen LogP contribution in [0.25, 0.3) is 16.9 Å². The summed E-state index contributed by atoms with van der Waals surface area (Å²) in [7, 11) is 1.61. The standard InChI is InChI=1S/C16H14N2O2/c1-20-14-9-5-8-13(10-14)18-15(11-17-16(18)19)12-6-3-2-4-7-12/h2-11H,1H3,(H,17,19). The van der Waals surface area contributed by atoms with Crippen LogP contribution in [0.15, 0.2) is 65.6 Å². The molecule has 0 radical (unpaired) electrons. The van der Waals surface area contributed by atoms with Gasteiger partial charge in [-0.1, -0.05) is 36.4 Å². The van der Waals surface area contributed by atoms with Crippen molar-refractivity contribution >= 4 is 0 Å². The molecule has 4 nitrogen and oxygen atoms in total. The summed E-state index contributed by atoms with van der Waals surface area (Å²) < 4.78 is 6.85. The van der Waals surface area contributed by atoms with Gasteiger partial charge in [0.2, 0.25) is 0 Å². The van der Waals surface area contributed by atoms with Gasteiger partial charge in [-0.15, -0.1) is 0 Å². The Balaban J connectivity index is 2.19. The average molecular weight is 266 g/mol. The van der Waals surface area contributed by atoms with Gasteiger partial charge in [0, 0.05) is 17.8 Å². The first kappa shape index (κ1) is 12.3. The molecule has 0 spiro atoms. The van der Waals surface area contributed by atoms with Gasteiger partial charge in [-0.05, 0) is 12.1 Å². The van der Waals surface area contributed by atoms with E-state index in [1.807, 2.05) is 54.6 Å². The van der Waals surface area contributed by atoms with Crippen molar-refractivity contribution < 1.29 is 4.74 Å². The number of nitrogens with zero attached hydrogens (tertiary/aromatic N) is 1. The first-order valence-corrected chi connectivity index (χ1v) is 6.30. The van der Waals surface area contributed by atoms with Crippen molar-refractivity contribution in [1.82, 2.24) is 9.55 Å². The minimum Gasteiger partial charge on any atom is -0.497 e. The second-order valence-electron chi connectivity index (χ2n) is 4.38. The Bertz CT molecular complexity index is 772. The third-order valence-electron chi connectivity index (χ3n) is 3.16. The molecule has 3 aromatic rings. The maximum absolute atomic E-state index is 12.1. The lowest BCUT2D eigenvalue weighted by Crippen LogP contribution is -2.15. The molecule has 1 N–H and O–H groups in total. The van der Waals surface area contributed by atoms with E-state index >= 15 is 0 Å². The SMILES string of the molecule is COc1cccc(-n2c(-c3ccccc3)c[nH]c2=O)c1. The number of rotatable bonds is 3. The van der Waals surface area contributed by atoms with E-state index in [0.717, 1.165) is 22.7 Å². The van der Waals surface area contributed by atoms with E-state index < -0.39 is 0 Å². The van der Waals surface area contributed by atoms with Crippen LogP contribution >= 0.6 is 0 Å². The Morgan fingerprint density at radius 2 is 1.85 bits per heavy atom. The maximum atomic E-state index is 12.1. The minimum atomic E-state index is -0.169. The molecule has 1 aromatic heterocycles. The van der Waals surface area contributed by atoms with Gasteiger partial charge in [0.15, 0.2) is 0 Å². The summed E-state index contributed by atoms with van der Waals surface area (Å²) in [4.78, 5) is 14.8. The van der Waals surface area contributed by atoms with Crippen LogP contribution < -0.4 is 10.4 Å². The van der Waals surface area contributed by atoms with Crippen LogP contribution in [0.2, 0.25) is 0 Å². The smallest absolute Gasteiger partial charge is 0.330 e. The van der Waals surface area contributed by atoms with Gasteiger partial charge < -0.3 is 9.72 Å². The van der Waals surface area contributed by atoms with E-state index in [2.05, 4.69) is 4.98 Å². The van der Waals surface area contributed by atoms with E-state index in [1.165, 1.54) is 0 Å².